The van der Waals surface area contributed by atoms with Gasteiger partial charge >= 0.3 is 18.0 Å². The topological polar surface area (TPSA) is 87.7 Å². The number of aryl methyl sites for hydroxylation is 1. The Balaban J connectivity index is 2.03. The largest absolute Gasteiger partial charge is 0.418 e. The highest BCUT2D eigenvalue weighted by Crippen LogP contribution is 2.34. The molecule has 0 saturated carbocycles. The molecular formula is C20H21F3N2O4. The first-order chi connectivity index (χ1) is 13.7. The second kappa shape index (κ2) is 10.0. The second-order valence-electron chi connectivity index (χ2n) is 6.20. The number of aliphatic hydroxyl groups excluding tert-OH is 1. The normalized spacial score (nSPS) is 12.3. The van der Waals surface area contributed by atoms with Gasteiger partial charge in [-0.25, -0.2) is 0 Å². The van der Waals surface area contributed by atoms with Gasteiger partial charge in [0.05, 0.1) is 30.6 Å². The average molecular weight is 410 g/mol. The van der Waals surface area contributed by atoms with E-state index in [1.54, 1.807) is 12.1 Å². The second-order valence-corrected chi connectivity index (χ2v) is 6.20. The lowest BCUT2D eigenvalue weighted by Crippen LogP contribution is -2.38. The number of hydrogen-bond donors (Lipinski definition) is 3. The van der Waals surface area contributed by atoms with E-state index in [9.17, 15) is 22.8 Å². The van der Waals surface area contributed by atoms with E-state index in [0.717, 1.165) is 17.7 Å². The van der Waals surface area contributed by atoms with Gasteiger partial charge in [0.25, 0.3) is 0 Å². The van der Waals surface area contributed by atoms with E-state index in [0.29, 0.717) is 5.56 Å². The summed E-state index contributed by atoms with van der Waals surface area (Å²) in [5, 5.41) is 13.3. The summed E-state index contributed by atoms with van der Waals surface area (Å²) in [4.78, 5) is 24.1. The van der Waals surface area contributed by atoms with Crippen molar-refractivity contribution in [3.05, 3.63) is 65.2 Å². The van der Waals surface area contributed by atoms with E-state index in [4.69, 9.17) is 9.84 Å². The Labute approximate surface area is 165 Å². The number of ether oxygens (including phenoxy) is 1. The van der Waals surface area contributed by atoms with Crippen LogP contribution >= 0.6 is 0 Å². The number of rotatable bonds is 7. The molecule has 3 N–H and O–H groups in total. The Bertz CT molecular complexity index is 838. The van der Waals surface area contributed by atoms with Crippen LogP contribution in [0.25, 0.3) is 0 Å². The van der Waals surface area contributed by atoms with Crippen molar-refractivity contribution in [3.63, 3.8) is 0 Å². The molecular weight excluding hydrogens is 389 g/mol. The number of benzene rings is 2. The lowest BCUT2D eigenvalue weighted by atomic mass is 10.1. The fourth-order valence-electron chi connectivity index (χ4n) is 2.53. The Morgan fingerprint density at radius 3 is 2.34 bits per heavy atom. The number of amides is 2. The van der Waals surface area contributed by atoms with E-state index in [1.807, 2.05) is 24.4 Å². The maximum absolute atomic E-state index is 13.0. The Morgan fingerprint density at radius 1 is 1.07 bits per heavy atom. The van der Waals surface area contributed by atoms with Crippen molar-refractivity contribution in [2.24, 2.45) is 0 Å². The smallest absolute Gasteiger partial charge is 0.394 e. The number of alkyl halides is 3. The van der Waals surface area contributed by atoms with Gasteiger partial charge in [-0.2, -0.15) is 13.2 Å². The highest BCUT2D eigenvalue weighted by atomic mass is 19.4. The Kier molecular flexibility index (Phi) is 7.74. The fourth-order valence-corrected chi connectivity index (χ4v) is 2.53. The summed E-state index contributed by atoms with van der Waals surface area (Å²) in [7, 11) is 0. The first kappa shape index (κ1) is 22.4. The zero-order valence-corrected chi connectivity index (χ0v) is 15.6. The maximum Gasteiger partial charge on any atom is 0.418 e. The predicted molar refractivity (Wildman–Crippen MR) is 100 cm³/mol. The number of carbonyl (C=O) groups is 2. The van der Waals surface area contributed by atoms with Gasteiger partial charge in [0.1, 0.15) is 0 Å². The minimum absolute atomic E-state index is 0.0135. The minimum Gasteiger partial charge on any atom is -0.394 e. The molecule has 2 amide bonds. The van der Waals surface area contributed by atoms with Crippen molar-refractivity contribution in [1.29, 1.82) is 0 Å². The molecule has 0 radical (unpaired) electrons. The Morgan fingerprint density at radius 2 is 1.72 bits per heavy atom. The van der Waals surface area contributed by atoms with Crippen LogP contribution in [0.3, 0.4) is 0 Å². The summed E-state index contributed by atoms with van der Waals surface area (Å²) in [6.45, 7) is 1.58. The first-order valence-corrected chi connectivity index (χ1v) is 8.76. The third-order valence-electron chi connectivity index (χ3n) is 3.99. The van der Waals surface area contributed by atoms with Gasteiger partial charge in [-0.3, -0.25) is 9.59 Å². The lowest BCUT2D eigenvalue weighted by molar-refractivity contribution is -0.138. The van der Waals surface area contributed by atoms with Crippen molar-refractivity contribution < 1.29 is 32.6 Å². The SMILES string of the molecule is Cc1ccc([C@H](CNC(=O)C(=O)Nc2ccccc2C(F)(F)F)OCCO)cc1. The van der Waals surface area contributed by atoms with Gasteiger partial charge < -0.3 is 20.5 Å². The molecule has 0 aliphatic rings. The van der Waals surface area contributed by atoms with Crippen molar-refractivity contribution in [2.45, 2.75) is 19.2 Å². The predicted octanol–water partition coefficient (Wildman–Crippen LogP) is 2.82. The van der Waals surface area contributed by atoms with Crippen LogP contribution in [0.2, 0.25) is 0 Å². The molecule has 0 bridgehead atoms. The molecule has 2 rings (SSSR count). The summed E-state index contributed by atoms with van der Waals surface area (Å²) in [6, 6.07) is 11.6. The number of para-hydroxylation sites is 1. The number of hydrogen-bond acceptors (Lipinski definition) is 4. The zero-order chi connectivity index (χ0) is 21.4. The molecule has 0 heterocycles. The molecule has 0 fully saturated rings. The van der Waals surface area contributed by atoms with Crippen LogP contribution in [0.1, 0.15) is 22.8 Å². The van der Waals surface area contributed by atoms with Crippen LogP contribution in [-0.2, 0) is 20.5 Å². The molecule has 9 heteroatoms. The van der Waals surface area contributed by atoms with Crippen LogP contribution in [0.15, 0.2) is 48.5 Å². The zero-order valence-electron chi connectivity index (χ0n) is 15.6. The molecule has 0 aromatic heterocycles. The monoisotopic (exact) mass is 410 g/mol. The maximum atomic E-state index is 13.0. The fraction of sp³-hybridized carbons (Fsp3) is 0.300. The lowest BCUT2D eigenvalue weighted by Gasteiger charge is -2.19. The summed E-state index contributed by atoms with van der Waals surface area (Å²) in [5.74, 6) is -2.33. The number of halogens is 3. The third-order valence-corrected chi connectivity index (χ3v) is 3.99. The minimum atomic E-state index is -4.67. The standard InChI is InChI=1S/C20H21F3N2O4/c1-13-6-8-14(9-7-13)17(29-11-10-26)12-24-18(27)19(28)25-16-5-3-2-4-15(16)20(21,22)23/h2-9,17,26H,10-12H2,1H3,(H,24,27)(H,25,28)/t17-/m0/s1. The van der Waals surface area contributed by atoms with Crippen LogP contribution in [0.5, 0.6) is 0 Å². The average Bonchev–Trinajstić information content (AvgIpc) is 2.68. The van der Waals surface area contributed by atoms with E-state index >= 15 is 0 Å². The van der Waals surface area contributed by atoms with E-state index < -0.39 is 35.3 Å². The van der Waals surface area contributed by atoms with Crippen molar-refractivity contribution in [3.8, 4) is 0 Å². The molecule has 6 nitrogen and oxygen atoms in total. The van der Waals surface area contributed by atoms with Gasteiger partial charge in [-0.1, -0.05) is 42.0 Å². The molecule has 0 saturated heterocycles. The van der Waals surface area contributed by atoms with E-state index in [2.05, 4.69) is 5.32 Å². The van der Waals surface area contributed by atoms with Crippen molar-refractivity contribution >= 4 is 17.5 Å². The molecule has 0 aliphatic heterocycles. The summed E-state index contributed by atoms with van der Waals surface area (Å²) < 4.78 is 44.5. The van der Waals surface area contributed by atoms with E-state index in [1.165, 1.54) is 12.1 Å². The van der Waals surface area contributed by atoms with Gasteiger partial charge in [0.15, 0.2) is 0 Å². The number of nitrogens with one attached hydrogen (secondary N) is 2. The summed E-state index contributed by atoms with van der Waals surface area (Å²) in [5.41, 5.74) is 0.172. The number of aliphatic hydroxyl groups is 1. The number of carbonyl (C=O) groups excluding carboxylic acids is 2. The quantitative estimate of drug-likeness (QED) is 0.613. The van der Waals surface area contributed by atoms with Crippen LogP contribution in [0.4, 0.5) is 18.9 Å². The third kappa shape index (κ3) is 6.58. The molecule has 2 aromatic rings. The van der Waals surface area contributed by atoms with Crippen LogP contribution < -0.4 is 10.6 Å². The van der Waals surface area contributed by atoms with Crippen molar-refractivity contribution in [2.75, 3.05) is 25.1 Å². The summed E-state index contributed by atoms with van der Waals surface area (Å²) in [6.07, 6.45) is -5.31. The molecule has 1 atom stereocenters. The first-order valence-electron chi connectivity index (χ1n) is 8.76. The Hall–Kier alpha value is -2.91. The molecule has 0 unspecified atom stereocenters. The number of anilines is 1. The summed E-state index contributed by atoms with van der Waals surface area (Å²) >= 11 is 0. The van der Waals surface area contributed by atoms with Gasteiger partial charge in [0.2, 0.25) is 0 Å². The van der Waals surface area contributed by atoms with Crippen LogP contribution in [-0.4, -0.2) is 36.7 Å². The van der Waals surface area contributed by atoms with Crippen LogP contribution in [0, 0.1) is 6.92 Å². The molecule has 0 aliphatic carbocycles. The van der Waals surface area contributed by atoms with Crippen molar-refractivity contribution in [1.82, 2.24) is 5.32 Å². The molecule has 156 valence electrons. The van der Waals surface area contributed by atoms with Gasteiger partial charge in [-0.05, 0) is 24.6 Å². The van der Waals surface area contributed by atoms with E-state index in [-0.39, 0.29) is 19.8 Å². The molecule has 29 heavy (non-hydrogen) atoms. The highest BCUT2D eigenvalue weighted by molar-refractivity contribution is 6.39. The highest BCUT2D eigenvalue weighted by Gasteiger charge is 2.34. The molecule has 0 spiro atoms. The van der Waals surface area contributed by atoms with Gasteiger partial charge in [0, 0.05) is 6.54 Å². The molecule has 2 aromatic carbocycles. The van der Waals surface area contributed by atoms with Gasteiger partial charge in [-0.15, -0.1) is 0 Å².